The first-order valence-electron chi connectivity index (χ1n) is 7.48. The minimum Gasteiger partial charge on any atom is -0.350 e. The molecule has 144 valence electrons. The van der Waals surface area contributed by atoms with Gasteiger partial charge in [0.2, 0.25) is 0 Å². The van der Waals surface area contributed by atoms with Crippen molar-refractivity contribution in [3.63, 3.8) is 0 Å². The van der Waals surface area contributed by atoms with Crippen molar-refractivity contribution in [3.05, 3.63) is 70.5 Å². The Balaban J connectivity index is 1.85. The molecule has 0 aliphatic carbocycles. The van der Waals surface area contributed by atoms with Crippen molar-refractivity contribution in [1.29, 1.82) is 0 Å². The second-order valence-corrected chi connectivity index (χ2v) is 5.31. The molecule has 4 nitrogen and oxygen atoms in total. The summed E-state index contributed by atoms with van der Waals surface area (Å²) in [7, 11) is 0. The van der Waals surface area contributed by atoms with Crippen molar-refractivity contribution < 1.29 is 35.9 Å². The number of rotatable bonds is 5. The van der Waals surface area contributed by atoms with Gasteiger partial charge in [-0.25, -0.2) is 13.2 Å². The maximum Gasteiger partial charge on any atom is 0.416 e. The standard InChI is InChI=1S/C17H12F6N2O2/c18-12-6-5-11(13(19)14(12)20)16(27)25-8-7-24-15(26)9-1-3-10(4-2-9)17(21,22)23/h1-6H,7-8H2,(H,24,26)(H,25,27). The minimum atomic E-state index is -4.52. The van der Waals surface area contributed by atoms with Crippen LogP contribution in [0.15, 0.2) is 36.4 Å². The Morgan fingerprint density at radius 2 is 1.33 bits per heavy atom. The number of amides is 2. The highest BCUT2D eigenvalue weighted by Gasteiger charge is 2.30. The third kappa shape index (κ3) is 4.99. The van der Waals surface area contributed by atoms with Crippen molar-refractivity contribution >= 4 is 11.8 Å². The summed E-state index contributed by atoms with van der Waals surface area (Å²) in [6.07, 6.45) is -4.52. The number of alkyl halides is 3. The zero-order valence-electron chi connectivity index (χ0n) is 13.5. The molecular weight excluding hydrogens is 378 g/mol. The highest BCUT2D eigenvalue weighted by atomic mass is 19.4. The predicted octanol–water partition coefficient (Wildman–Crippen LogP) is 3.28. The van der Waals surface area contributed by atoms with Gasteiger partial charge in [0.25, 0.3) is 11.8 Å². The first kappa shape index (κ1) is 20.3. The molecule has 2 aromatic rings. The number of halogens is 6. The lowest BCUT2D eigenvalue weighted by Gasteiger charge is -2.09. The highest BCUT2D eigenvalue weighted by Crippen LogP contribution is 2.29. The van der Waals surface area contributed by atoms with E-state index in [1.165, 1.54) is 0 Å². The Hall–Kier alpha value is -3.04. The number of benzene rings is 2. The summed E-state index contributed by atoms with van der Waals surface area (Å²) in [6, 6.07) is 4.86. The van der Waals surface area contributed by atoms with Crippen LogP contribution in [0.3, 0.4) is 0 Å². The van der Waals surface area contributed by atoms with Gasteiger partial charge in [0.05, 0.1) is 11.1 Å². The number of carbonyl (C=O) groups is 2. The van der Waals surface area contributed by atoms with Gasteiger partial charge in [-0.3, -0.25) is 9.59 Å². The number of carbonyl (C=O) groups excluding carboxylic acids is 2. The van der Waals surface area contributed by atoms with Gasteiger partial charge in [-0.05, 0) is 36.4 Å². The van der Waals surface area contributed by atoms with Crippen LogP contribution in [0.2, 0.25) is 0 Å². The number of nitrogens with one attached hydrogen (secondary N) is 2. The van der Waals surface area contributed by atoms with Gasteiger partial charge in [0, 0.05) is 18.7 Å². The monoisotopic (exact) mass is 390 g/mol. The normalized spacial score (nSPS) is 11.2. The van der Waals surface area contributed by atoms with E-state index in [4.69, 9.17) is 0 Å². The van der Waals surface area contributed by atoms with Gasteiger partial charge in [-0.2, -0.15) is 13.2 Å². The predicted molar refractivity (Wildman–Crippen MR) is 82.4 cm³/mol. The molecule has 0 saturated heterocycles. The fourth-order valence-corrected chi connectivity index (χ4v) is 2.06. The van der Waals surface area contributed by atoms with E-state index in [2.05, 4.69) is 10.6 Å². The SMILES string of the molecule is O=C(NCCNC(=O)c1ccc(F)c(F)c1F)c1ccc(C(F)(F)F)cc1. The van der Waals surface area contributed by atoms with E-state index in [0.717, 1.165) is 30.3 Å². The van der Waals surface area contributed by atoms with Crippen LogP contribution in [-0.4, -0.2) is 24.9 Å². The zero-order chi connectivity index (χ0) is 20.2. The largest absolute Gasteiger partial charge is 0.416 e. The second kappa shape index (κ2) is 8.11. The van der Waals surface area contributed by atoms with Crippen LogP contribution in [0.4, 0.5) is 26.3 Å². The van der Waals surface area contributed by atoms with E-state index in [-0.39, 0.29) is 18.7 Å². The number of hydrogen-bond acceptors (Lipinski definition) is 2. The fourth-order valence-electron chi connectivity index (χ4n) is 2.06. The molecule has 2 rings (SSSR count). The molecule has 0 heterocycles. The average molecular weight is 390 g/mol. The van der Waals surface area contributed by atoms with Crippen molar-refractivity contribution in [2.75, 3.05) is 13.1 Å². The molecule has 0 radical (unpaired) electrons. The lowest BCUT2D eigenvalue weighted by molar-refractivity contribution is -0.137. The minimum absolute atomic E-state index is 0.0269. The molecule has 0 fully saturated rings. The zero-order valence-corrected chi connectivity index (χ0v) is 13.5. The molecule has 0 aromatic heterocycles. The van der Waals surface area contributed by atoms with Crippen molar-refractivity contribution in [2.45, 2.75) is 6.18 Å². The summed E-state index contributed by atoms with van der Waals surface area (Å²) in [5.41, 5.74) is -1.64. The molecule has 0 spiro atoms. The van der Waals surface area contributed by atoms with Gasteiger partial charge in [-0.1, -0.05) is 0 Å². The smallest absolute Gasteiger partial charge is 0.350 e. The fraction of sp³-hybridized carbons (Fsp3) is 0.176. The van der Waals surface area contributed by atoms with E-state index >= 15 is 0 Å². The van der Waals surface area contributed by atoms with Crippen LogP contribution in [0.1, 0.15) is 26.3 Å². The summed E-state index contributed by atoms with van der Waals surface area (Å²) < 4.78 is 76.7. The quantitative estimate of drug-likeness (QED) is 0.468. The number of hydrogen-bond donors (Lipinski definition) is 2. The molecule has 0 unspecified atom stereocenters. The third-order valence-electron chi connectivity index (χ3n) is 3.45. The maximum absolute atomic E-state index is 13.5. The Morgan fingerprint density at radius 1 is 0.778 bits per heavy atom. The highest BCUT2D eigenvalue weighted by molar-refractivity contribution is 5.95. The molecule has 0 aliphatic rings. The van der Waals surface area contributed by atoms with Crippen LogP contribution >= 0.6 is 0 Å². The van der Waals surface area contributed by atoms with Gasteiger partial charge in [0.15, 0.2) is 17.5 Å². The van der Waals surface area contributed by atoms with E-state index in [9.17, 15) is 35.9 Å². The Labute approximate surface area is 149 Å². The third-order valence-corrected chi connectivity index (χ3v) is 3.45. The first-order chi connectivity index (χ1) is 12.6. The van der Waals surface area contributed by atoms with Gasteiger partial charge in [0.1, 0.15) is 0 Å². The van der Waals surface area contributed by atoms with E-state index in [1.807, 2.05) is 0 Å². The van der Waals surface area contributed by atoms with E-state index in [1.54, 1.807) is 0 Å². The molecule has 27 heavy (non-hydrogen) atoms. The van der Waals surface area contributed by atoms with Crippen molar-refractivity contribution in [1.82, 2.24) is 10.6 Å². The van der Waals surface area contributed by atoms with Crippen LogP contribution in [0, 0.1) is 17.5 Å². The topological polar surface area (TPSA) is 58.2 Å². The van der Waals surface area contributed by atoms with Crippen LogP contribution < -0.4 is 10.6 Å². The molecule has 10 heteroatoms. The van der Waals surface area contributed by atoms with Gasteiger partial charge >= 0.3 is 6.18 Å². The van der Waals surface area contributed by atoms with E-state index in [0.29, 0.717) is 6.07 Å². The molecule has 0 aliphatic heterocycles. The lowest BCUT2D eigenvalue weighted by atomic mass is 10.1. The summed E-state index contributed by atoms with van der Waals surface area (Å²) in [5, 5.41) is 4.53. The molecule has 2 aromatic carbocycles. The molecule has 0 saturated carbocycles. The Kier molecular flexibility index (Phi) is 6.09. The summed E-state index contributed by atoms with van der Waals surface area (Å²) in [6.45, 7) is -0.305. The molecule has 2 N–H and O–H groups in total. The summed E-state index contributed by atoms with van der Waals surface area (Å²) in [4.78, 5) is 23.5. The summed E-state index contributed by atoms with van der Waals surface area (Å²) >= 11 is 0. The Morgan fingerprint density at radius 3 is 1.89 bits per heavy atom. The second-order valence-electron chi connectivity index (χ2n) is 5.31. The Bertz CT molecular complexity index is 850. The van der Waals surface area contributed by atoms with Crippen LogP contribution in [-0.2, 0) is 6.18 Å². The van der Waals surface area contributed by atoms with Crippen LogP contribution in [0.5, 0.6) is 0 Å². The van der Waals surface area contributed by atoms with E-state index < -0.39 is 46.6 Å². The van der Waals surface area contributed by atoms with Gasteiger partial charge < -0.3 is 10.6 Å². The van der Waals surface area contributed by atoms with Crippen molar-refractivity contribution in [3.8, 4) is 0 Å². The maximum atomic E-state index is 13.5. The van der Waals surface area contributed by atoms with Gasteiger partial charge in [-0.15, -0.1) is 0 Å². The average Bonchev–Trinajstić information content (AvgIpc) is 2.62. The first-order valence-corrected chi connectivity index (χ1v) is 7.48. The lowest BCUT2D eigenvalue weighted by Crippen LogP contribution is -2.35. The molecule has 0 bridgehead atoms. The molecule has 0 atom stereocenters. The molecule has 2 amide bonds. The molecular formula is C17H12F6N2O2. The van der Waals surface area contributed by atoms with Crippen molar-refractivity contribution in [2.24, 2.45) is 0 Å². The summed E-state index contributed by atoms with van der Waals surface area (Å²) in [5.74, 6) is -6.56. The van der Waals surface area contributed by atoms with Crippen LogP contribution in [0.25, 0.3) is 0 Å².